The normalized spacial score (nSPS) is 23.2. The molecule has 11 heteroatoms. The number of aliphatic hydroxyl groups excluding tert-OH is 1. The van der Waals surface area contributed by atoms with Crippen molar-refractivity contribution in [3.8, 4) is 0 Å². The third-order valence-electron chi connectivity index (χ3n) is 4.59. The summed E-state index contributed by atoms with van der Waals surface area (Å²) in [4.78, 5) is 39.1. The van der Waals surface area contributed by atoms with E-state index in [0.29, 0.717) is 12.1 Å². The van der Waals surface area contributed by atoms with Gasteiger partial charge in [-0.2, -0.15) is 0 Å². The number of rotatable bonds is 6. The molecular weight excluding hydrogens is 454 g/mol. The maximum absolute atomic E-state index is 12.7. The van der Waals surface area contributed by atoms with Crippen LogP contribution in [-0.2, 0) is 9.47 Å². The fraction of sp³-hybridized carbons (Fsp3) is 0.476. The molecule has 0 aliphatic carbocycles. The topological polar surface area (TPSA) is 123 Å². The Morgan fingerprint density at radius 3 is 2.66 bits per heavy atom. The Morgan fingerprint density at radius 2 is 2.00 bits per heavy atom. The Bertz CT molecular complexity index is 1060. The van der Waals surface area contributed by atoms with E-state index in [1.807, 2.05) is 25.1 Å². The van der Waals surface area contributed by atoms with Gasteiger partial charge in [0, 0.05) is 21.9 Å². The average Bonchev–Trinajstić information content (AvgIpc) is 3.02. The summed E-state index contributed by atoms with van der Waals surface area (Å²) in [5.41, 5.74) is -0.683. The van der Waals surface area contributed by atoms with E-state index in [1.165, 1.54) is 6.20 Å². The van der Waals surface area contributed by atoms with Gasteiger partial charge in [-0.15, -0.1) is 0 Å². The number of benzene rings is 1. The minimum Gasteiger partial charge on any atom is -0.440 e. The molecule has 3 rings (SSSR count). The molecule has 1 aliphatic rings. The lowest BCUT2D eigenvalue weighted by Gasteiger charge is -2.21. The number of carbonyl (C=O) groups is 1. The molecule has 1 aliphatic heterocycles. The Balaban J connectivity index is 1.72. The SMILES string of the molecule is CC[C@H]1O[C@@H](n2ccc(=O)[nH]c2=O)[C@H](O)[C@@H]1OC(=O)Nc1ccccc1SSC(C)(C)C. The second-order valence-electron chi connectivity index (χ2n) is 8.25. The summed E-state index contributed by atoms with van der Waals surface area (Å²) in [6, 6.07) is 8.52. The van der Waals surface area contributed by atoms with E-state index in [4.69, 9.17) is 9.47 Å². The zero-order valence-corrected chi connectivity index (χ0v) is 19.9. The first-order chi connectivity index (χ1) is 15.1. The van der Waals surface area contributed by atoms with Gasteiger partial charge in [0.2, 0.25) is 0 Å². The van der Waals surface area contributed by atoms with E-state index in [2.05, 4.69) is 31.1 Å². The lowest BCUT2D eigenvalue weighted by molar-refractivity contribution is -0.0405. The Kier molecular flexibility index (Phi) is 7.75. The highest BCUT2D eigenvalue weighted by Gasteiger charge is 2.46. The van der Waals surface area contributed by atoms with E-state index in [-0.39, 0.29) is 4.75 Å². The van der Waals surface area contributed by atoms with Crippen molar-refractivity contribution in [2.45, 2.75) is 68.3 Å². The minimum atomic E-state index is -1.30. The number of amides is 1. The lowest BCUT2D eigenvalue weighted by atomic mass is 10.1. The van der Waals surface area contributed by atoms with E-state index in [0.717, 1.165) is 15.5 Å². The van der Waals surface area contributed by atoms with Gasteiger partial charge in [-0.05, 0) is 18.6 Å². The molecular formula is C21H27N3O6S2. The summed E-state index contributed by atoms with van der Waals surface area (Å²) >= 11 is 0. The molecule has 1 saturated heterocycles. The fourth-order valence-electron chi connectivity index (χ4n) is 3.13. The smallest absolute Gasteiger partial charge is 0.412 e. The summed E-state index contributed by atoms with van der Waals surface area (Å²) in [6.45, 7) is 8.13. The molecule has 9 nitrogen and oxygen atoms in total. The minimum absolute atomic E-state index is 0.0345. The van der Waals surface area contributed by atoms with Crippen molar-refractivity contribution >= 4 is 33.4 Å². The fourth-order valence-corrected chi connectivity index (χ4v) is 5.26. The van der Waals surface area contributed by atoms with Crippen LogP contribution in [0, 0.1) is 0 Å². The second kappa shape index (κ2) is 10.2. The number of hydrogen-bond donors (Lipinski definition) is 3. The van der Waals surface area contributed by atoms with Crippen molar-refractivity contribution < 1.29 is 19.4 Å². The molecule has 174 valence electrons. The molecule has 1 fully saturated rings. The first-order valence-electron chi connectivity index (χ1n) is 10.2. The highest BCUT2D eigenvalue weighted by Crippen LogP contribution is 2.43. The molecule has 0 saturated carbocycles. The van der Waals surface area contributed by atoms with Crippen LogP contribution in [0.15, 0.2) is 51.0 Å². The van der Waals surface area contributed by atoms with Gasteiger partial charge < -0.3 is 14.6 Å². The zero-order valence-electron chi connectivity index (χ0n) is 18.2. The molecule has 0 radical (unpaired) electrons. The number of aromatic amines is 1. The Hall–Kier alpha value is -2.21. The highest BCUT2D eigenvalue weighted by molar-refractivity contribution is 8.77. The maximum atomic E-state index is 12.7. The summed E-state index contributed by atoms with van der Waals surface area (Å²) in [5, 5.41) is 13.5. The van der Waals surface area contributed by atoms with Crippen molar-refractivity contribution in [1.29, 1.82) is 0 Å². The second-order valence-corrected chi connectivity index (χ2v) is 11.2. The number of para-hydroxylation sites is 1. The van der Waals surface area contributed by atoms with Crippen LogP contribution in [0.3, 0.4) is 0 Å². The van der Waals surface area contributed by atoms with Gasteiger partial charge >= 0.3 is 11.8 Å². The molecule has 0 bridgehead atoms. The number of ether oxygens (including phenoxy) is 2. The van der Waals surface area contributed by atoms with Gasteiger partial charge in [-0.3, -0.25) is 19.7 Å². The molecule has 0 unspecified atom stereocenters. The largest absolute Gasteiger partial charge is 0.440 e. The maximum Gasteiger partial charge on any atom is 0.412 e. The molecule has 1 aromatic heterocycles. The standard InChI is InChI=1S/C21H27N3O6S2/c1-5-13-17(16(26)18(29-13)24-11-10-15(25)23-19(24)27)30-20(28)22-12-8-6-7-9-14(12)31-32-21(2,3)4/h6-11,13,16-18,26H,5H2,1-4H3,(H,22,28)(H,23,25,27)/t13-,16-,17-,18-/m1/s1. The van der Waals surface area contributed by atoms with Gasteiger partial charge in [-0.1, -0.05) is 61.4 Å². The Labute approximate surface area is 193 Å². The molecule has 1 amide bonds. The van der Waals surface area contributed by atoms with Crippen molar-refractivity contribution in [3.63, 3.8) is 0 Å². The monoisotopic (exact) mass is 481 g/mol. The number of nitrogens with zero attached hydrogens (tertiary/aromatic N) is 1. The van der Waals surface area contributed by atoms with Gasteiger partial charge in [0.05, 0.1) is 11.8 Å². The van der Waals surface area contributed by atoms with Crippen LogP contribution in [-0.4, -0.2) is 43.8 Å². The molecule has 2 heterocycles. The summed E-state index contributed by atoms with van der Waals surface area (Å²) in [7, 11) is 3.22. The van der Waals surface area contributed by atoms with Crippen molar-refractivity contribution in [3.05, 3.63) is 57.4 Å². The molecule has 0 spiro atoms. The van der Waals surface area contributed by atoms with Gasteiger partial charge in [0.25, 0.3) is 5.56 Å². The Morgan fingerprint density at radius 1 is 1.28 bits per heavy atom. The first kappa shape index (κ1) is 24.4. The van der Waals surface area contributed by atoms with Gasteiger partial charge in [-0.25, -0.2) is 9.59 Å². The van der Waals surface area contributed by atoms with Gasteiger partial charge in [0.15, 0.2) is 12.3 Å². The number of aromatic nitrogens is 2. The number of nitrogens with one attached hydrogen (secondary N) is 2. The molecule has 2 aromatic rings. The summed E-state index contributed by atoms with van der Waals surface area (Å²) in [5.74, 6) is 0. The molecule has 3 N–H and O–H groups in total. The van der Waals surface area contributed by atoms with E-state index in [9.17, 15) is 19.5 Å². The quantitative estimate of drug-likeness (QED) is 0.537. The van der Waals surface area contributed by atoms with Crippen LogP contribution in [0.2, 0.25) is 0 Å². The number of hydrogen-bond acceptors (Lipinski definition) is 8. The molecule has 4 atom stereocenters. The predicted octanol–water partition coefficient (Wildman–Crippen LogP) is 3.36. The van der Waals surface area contributed by atoms with Crippen LogP contribution in [0.4, 0.5) is 10.5 Å². The molecule has 1 aromatic carbocycles. The number of H-pyrrole nitrogens is 1. The van der Waals surface area contributed by atoms with E-state index >= 15 is 0 Å². The van der Waals surface area contributed by atoms with Crippen LogP contribution < -0.4 is 16.6 Å². The van der Waals surface area contributed by atoms with Crippen LogP contribution in [0.1, 0.15) is 40.3 Å². The highest BCUT2D eigenvalue weighted by atomic mass is 33.1. The summed E-state index contributed by atoms with van der Waals surface area (Å²) in [6.07, 6.45) is -3.06. The van der Waals surface area contributed by atoms with E-state index in [1.54, 1.807) is 27.7 Å². The number of anilines is 1. The van der Waals surface area contributed by atoms with Crippen LogP contribution in [0.25, 0.3) is 0 Å². The van der Waals surface area contributed by atoms with E-state index < -0.39 is 41.9 Å². The van der Waals surface area contributed by atoms with Gasteiger partial charge in [0.1, 0.15) is 6.10 Å². The number of aliphatic hydroxyl groups is 1. The number of carbonyl (C=O) groups excluding carboxylic acids is 1. The van der Waals surface area contributed by atoms with Crippen molar-refractivity contribution in [2.75, 3.05) is 5.32 Å². The lowest BCUT2D eigenvalue weighted by Crippen LogP contribution is -2.40. The third kappa shape index (κ3) is 5.97. The van der Waals surface area contributed by atoms with Crippen molar-refractivity contribution in [1.82, 2.24) is 9.55 Å². The van der Waals surface area contributed by atoms with Crippen LogP contribution >= 0.6 is 21.6 Å². The molecule has 32 heavy (non-hydrogen) atoms. The average molecular weight is 482 g/mol. The predicted molar refractivity (Wildman–Crippen MR) is 125 cm³/mol. The van der Waals surface area contributed by atoms with Crippen molar-refractivity contribution in [2.24, 2.45) is 0 Å². The zero-order chi connectivity index (χ0) is 23.5. The third-order valence-corrected chi connectivity index (χ3v) is 7.99. The van der Waals surface area contributed by atoms with Crippen LogP contribution in [0.5, 0.6) is 0 Å². The summed E-state index contributed by atoms with van der Waals surface area (Å²) < 4.78 is 12.4. The first-order valence-corrected chi connectivity index (χ1v) is 12.3.